The van der Waals surface area contributed by atoms with Gasteiger partial charge in [-0.2, -0.15) is 0 Å². The third-order valence-electron chi connectivity index (χ3n) is 0.831. The van der Waals surface area contributed by atoms with Crippen molar-refractivity contribution in [2.75, 3.05) is 12.3 Å². The predicted octanol–water partition coefficient (Wildman–Crippen LogP) is -0.157. The minimum atomic E-state index is -1.55. The van der Waals surface area contributed by atoms with Gasteiger partial charge in [0.1, 0.15) is 6.23 Å². The van der Waals surface area contributed by atoms with Crippen molar-refractivity contribution in [3.8, 4) is 0 Å². The highest BCUT2D eigenvalue weighted by Gasteiger charge is 1.99. The number of aliphatic hydroxyl groups is 1. The smallest absolute Gasteiger partial charge is 0.109 e. The Morgan fingerprint density at radius 2 is 2.38 bits per heavy atom. The molecule has 0 bridgehead atoms. The molecule has 3 N–H and O–H groups in total. The molecule has 0 aliphatic rings. The standard InChI is InChI=1S/C4H12NO2P/c1-2-8(7)3-4(5)6/h4,6,8H,2-3,5H2,1H3. The zero-order valence-electron chi connectivity index (χ0n) is 4.92. The molecule has 2 unspecified atom stereocenters. The van der Waals surface area contributed by atoms with E-state index < -0.39 is 14.0 Å². The lowest BCUT2D eigenvalue weighted by Crippen LogP contribution is -2.21. The van der Waals surface area contributed by atoms with Gasteiger partial charge in [0.15, 0.2) is 0 Å². The Morgan fingerprint density at radius 1 is 1.88 bits per heavy atom. The van der Waals surface area contributed by atoms with Gasteiger partial charge in [-0.1, -0.05) is 6.92 Å². The van der Waals surface area contributed by atoms with E-state index in [1.807, 2.05) is 6.92 Å². The molecule has 50 valence electrons. The highest BCUT2D eigenvalue weighted by atomic mass is 31.1. The van der Waals surface area contributed by atoms with Crippen molar-refractivity contribution >= 4 is 7.80 Å². The Balaban J connectivity index is 3.25. The van der Waals surface area contributed by atoms with Crippen LogP contribution in [0.25, 0.3) is 0 Å². The van der Waals surface area contributed by atoms with Crippen LogP contribution in [0.3, 0.4) is 0 Å². The first-order valence-electron chi connectivity index (χ1n) is 2.62. The average molecular weight is 137 g/mol. The first kappa shape index (κ1) is 8.15. The summed E-state index contributed by atoms with van der Waals surface area (Å²) in [7, 11) is -1.55. The van der Waals surface area contributed by atoms with Gasteiger partial charge in [0, 0.05) is 6.16 Å². The Bertz CT molecular complexity index is 84.1. The Morgan fingerprint density at radius 3 is 2.50 bits per heavy atom. The van der Waals surface area contributed by atoms with Gasteiger partial charge in [-0.15, -0.1) is 0 Å². The molecule has 0 radical (unpaired) electrons. The number of hydrogen-bond donors (Lipinski definition) is 2. The maximum Gasteiger partial charge on any atom is 0.109 e. The second-order valence-corrected chi connectivity index (χ2v) is 3.86. The molecule has 0 spiro atoms. The van der Waals surface area contributed by atoms with Crippen LogP contribution in [0.5, 0.6) is 0 Å². The summed E-state index contributed by atoms with van der Waals surface area (Å²) in [5.41, 5.74) is 4.95. The lowest BCUT2D eigenvalue weighted by Gasteiger charge is -1.99. The van der Waals surface area contributed by atoms with Crippen molar-refractivity contribution in [1.29, 1.82) is 0 Å². The van der Waals surface area contributed by atoms with E-state index in [2.05, 4.69) is 0 Å². The van der Waals surface area contributed by atoms with E-state index >= 15 is 0 Å². The third-order valence-corrected chi connectivity index (χ3v) is 2.49. The summed E-state index contributed by atoms with van der Waals surface area (Å²) in [4.78, 5) is 0. The summed E-state index contributed by atoms with van der Waals surface area (Å²) in [5.74, 6) is 0. The zero-order chi connectivity index (χ0) is 6.57. The molecule has 8 heavy (non-hydrogen) atoms. The van der Waals surface area contributed by atoms with Crippen LogP contribution in [-0.4, -0.2) is 23.7 Å². The van der Waals surface area contributed by atoms with Crippen LogP contribution >= 0.6 is 7.80 Å². The van der Waals surface area contributed by atoms with Gasteiger partial charge < -0.3 is 15.4 Å². The first-order valence-corrected chi connectivity index (χ1v) is 4.44. The molecule has 0 aromatic rings. The molecular weight excluding hydrogens is 125 g/mol. The molecule has 0 heterocycles. The maximum absolute atomic E-state index is 10.6. The lowest BCUT2D eigenvalue weighted by molar-refractivity contribution is 0.206. The van der Waals surface area contributed by atoms with Gasteiger partial charge in [0.2, 0.25) is 0 Å². The highest BCUT2D eigenvalue weighted by molar-refractivity contribution is 7.44. The minimum Gasteiger partial charge on any atom is -0.378 e. The molecule has 0 rings (SSSR count). The van der Waals surface area contributed by atoms with Gasteiger partial charge in [-0.25, -0.2) is 0 Å². The Kier molecular flexibility index (Phi) is 4.15. The van der Waals surface area contributed by atoms with E-state index in [0.29, 0.717) is 6.16 Å². The second kappa shape index (κ2) is 4.07. The Labute approximate surface area is 49.7 Å². The average Bonchev–Trinajstić information content (AvgIpc) is 1.65. The second-order valence-electron chi connectivity index (χ2n) is 1.66. The van der Waals surface area contributed by atoms with E-state index in [1.54, 1.807) is 0 Å². The quantitative estimate of drug-likeness (QED) is 0.419. The molecule has 0 fully saturated rings. The van der Waals surface area contributed by atoms with Crippen LogP contribution < -0.4 is 5.73 Å². The molecule has 2 atom stereocenters. The number of rotatable bonds is 3. The van der Waals surface area contributed by atoms with Crippen LogP contribution in [0.4, 0.5) is 0 Å². The summed E-state index contributed by atoms with van der Waals surface area (Å²) in [6.45, 7) is 1.82. The van der Waals surface area contributed by atoms with E-state index in [9.17, 15) is 4.57 Å². The van der Waals surface area contributed by atoms with Crippen molar-refractivity contribution < 1.29 is 9.67 Å². The number of hydrogen-bond acceptors (Lipinski definition) is 3. The monoisotopic (exact) mass is 137 g/mol. The van der Waals surface area contributed by atoms with Crippen molar-refractivity contribution in [3.05, 3.63) is 0 Å². The van der Waals surface area contributed by atoms with Crippen molar-refractivity contribution in [2.24, 2.45) is 5.73 Å². The molecule has 0 saturated carbocycles. The van der Waals surface area contributed by atoms with Crippen LogP contribution in [0, 0.1) is 0 Å². The molecule has 0 aromatic carbocycles. The first-order chi connectivity index (χ1) is 3.66. The summed E-state index contributed by atoms with van der Waals surface area (Å²) >= 11 is 0. The van der Waals surface area contributed by atoms with Crippen LogP contribution in [-0.2, 0) is 4.57 Å². The molecule has 4 heteroatoms. The normalized spacial score (nSPS) is 17.9. The zero-order valence-corrected chi connectivity index (χ0v) is 5.92. The van der Waals surface area contributed by atoms with E-state index in [1.165, 1.54) is 0 Å². The number of aliphatic hydroxyl groups excluding tert-OH is 1. The summed E-state index contributed by atoms with van der Waals surface area (Å²) in [5, 5.41) is 8.46. The summed E-state index contributed by atoms with van der Waals surface area (Å²) in [6.07, 6.45) is 0.0152. The van der Waals surface area contributed by atoms with Gasteiger partial charge in [0.25, 0.3) is 0 Å². The van der Waals surface area contributed by atoms with Gasteiger partial charge >= 0.3 is 0 Å². The summed E-state index contributed by atoms with van der Waals surface area (Å²) < 4.78 is 10.6. The van der Waals surface area contributed by atoms with Crippen molar-refractivity contribution in [2.45, 2.75) is 13.2 Å². The molecule has 0 aliphatic heterocycles. The molecule has 3 nitrogen and oxygen atoms in total. The fraction of sp³-hybridized carbons (Fsp3) is 1.00. The van der Waals surface area contributed by atoms with Gasteiger partial charge in [-0.3, -0.25) is 0 Å². The predicted molar refractivity (Wildman–Crippen MR) is 34.6 cm³/mol. The lowest BCUT2D eigenvalue weighted by atomic mass is 10.7. The van der Waals surface area contributed by atoms with Crippen LogP contribution in [0.1, 0.15) is 6.92 Å². The molecule has 0 aliphatic carbocycles. The van der Waals surface area contributed by atoms with E-state index in [-0.39, 0.29) is 6.16 Å². The fourth-order valence-electron chi connectivity index (χ4n) is 0.378. The molecule has 0 saturated heterocycles. The van der Waals surface area contributed by atoms with E-state index in [0.717, 1.165) is 0 Å². The van der Waals surface area contributed by atoms with E-state index in [4.69, 9.17) is 10.8 Å². The van der Waals surface area contributed by atoms with Crippen LogP contribution in [0.15, 0.2) is 0 Å². The molecular formula is C4H12NO2P. The third kappa shape index (κ3) is 4.31. The van der Waals surface area contributed by atoms with Gasteiger partial charge in [0.05, 0.1) is 7.80 Å². The fourth-order valence-corrected chi connectivity index (χ4v) is 1.13. The number of nitrogens with two attached hydrogens (primary N) is 1. The largest absolute Gasteiger partial charge is 0.378 e. The molecule has 0 aromatic heterocycles. The molecule has 0 amide bonds. The van der Waals surface area contributed by atoms with Crippen molar-refractivity contribution in [1.82, 2.24) is 0 Å². The van der Waals surface area contributed by atoms with Crippen molar-refractivity contribution in [3.63, 3.8) is 0 Å². The maximum atomic E-state index is 10.6. The topological polar surface area (TPSA) is 63.3 Å². The minimum absolute atomic E-state index is 0.265. The van der Waals surface area contributed by atoms with Gasteiger partial charge in [-0.05, 0) is 6.16 Å². The SMILES string of the molecule is CC[PH](=O)CC(N)O. The van der Waals surface area contributed by atoms with Crippen LogP contribution in [0.2, 0.25) is 0 Å². The summed E-state index contributed by atoms with van der Waals surface area (Å²) in [6, 6.07) is 0. The Hall–Kier alpha value is 0.150. The highest BCUT2D eigenvalue weighted by Crippen LogP contribution is 2.18.